The molecule has 1 N–H and O–H groups in total. The Morgan fingerprint density at radius 2 is 2.11 bits per heavy atom. The molecular formula is C14H20N2O3. The standard InChI is InChI=1S/C14H20N2O3/c1-2-19-12-8-9-14(16(17)18)13(10-12)15-11-6-4-3-5-7-11/h8-11,15H,2-7H2,1H3. The number of rotatable bonds is 5. The van der Waals surface area contributed by atoms with Gasteiger partial charge >= 0.3 is 0 Å². The van der Waals surface area contributed by atoms with Gasteiger partial charge in [0.1, 0.15) is 11.4 Å². The summed E-state index contributed by atoms with van der Waals surface area (Å²) in [4.78, 5) is 10.7. The van der Waals surface area contributed by atoms with E-state index in [1.807, 2.05) is 6.92 Å². The number of anilines is 1. The molecular weight excluding hydrogens is 244 g/mol. The topological polar surface area (TPSA) is 64.4 Å². The van der Waals surface area contributed by atoms with Crippen molar-refractivity contribution >= 4 is 11.4 Å². The molecule has 2 rings (SSSR count). The molecule has 19 heavy (non-hydrogen) atoms. The van der Waals surface area contributed by atoms with Crippen LogP contribution in [0.4, 0.5) is 11.4 Å². The minimum Gasteiger partial charge on any atom is -0.494 e. The van der Waals surface area contributed by atoms with Crippen molar-refractivity contribution in [3.05, 3.63) is 28.3 Å². The second kappa shape index (κ2) is 6.41. The Morgan fingerprint density at radius 1 is 1.37 bits per heavy atom. The molecule has 0 bridgehead atoms. The van der Waals surface area contributed by atoms with Gasteiger partial charge in [0.2, 0.25) is 0 Å². The third-order valence-electron chi connectivity index (χ3n) is 3.44. The first-order valence-electron chi connectivity index (χ1n) is 6.88. The van der Waals surface area contributed by atoms with Gasteiger partial charge in [-0.2, -0.15) is 0 Å². The molecule has 0 amide bonds. The molecule has 1 fully saturated rings. The Kier molecular flexibility index (Phi) is 4.60. The summed E-state index contributed by atoms with van der Waals surface area (Å²) in [6.45, 7) is 2.45. The number of nitro groups is 1. The van der Waals surface area contributed by atoms with Gasteiger partial charge in [0, 0.05) is 18.2 Å². The number of nitrogens with zero attached hydrogens (tertiary/aromatic N) is 1. The van der Waals surface area contributed by atoms with Crippen LogP contribution in [-0.4, -0.2) is 17.6 Å². The Hall–Kier alpha value is -1.78. The summed E-state index contributed by atoms with van der Waals surface area (Å²) in [6.07, 6.45) is 5.80. The van der Waals surface area contributed by atoms with E-state index < -0.39 is 0 Å². The fraction of sp³-hybridized carbons (Fsp3) is 0.571. The first kappa shape index (κ1) is 13.6. The highest BCUT2D eigenvalue weighted by atomic mass is 16.6. The van der Waals surface area contributed by atoms with Crippen LogP contribution in [0, 0.1) is 10.1 Å². The van der Waals surface area contributed by atoms with Crippen LogP contribution in [0.15, 0.2) is 18.2 Å². The zero-order valence-electron chi connectivity index (χ0n) is 11.2. The number of hydrogen-bond donors (Lipinski definition) is 1. The molecule has 0 saturated heterocycles. The number of hydrogen-bond acceptors (Lipinski definition) is 4. The summed E-state index contributed by atoms with van der Waals surface area (Å²) < 4.78 is 5.41. The monoisotopic (exact) mass is 264 g/mol. The predicted octanol–water partition coefficient (Wildman–Crippen LogP) is 3.74. The average Bonchev–Trinajstić information content (AvgIpc) is 2.40. The summed E-state index contributed by atoms with van der Waals surface area (Å²) in [7, 11) is 0. The molecule has 0 heterocycles. The largest absolute Gasteiger partial charge is 0.494 e. The maximum Gasteiger partial charge on any atom is 0.292 e. The zero-order chi connectivity index (χ0) is 13.7. The van der Waals surface area contributed by atoms with Crippen LogP contribution in [0.5, 0.6) is 5.75 Å². The van der Waals surface area contributed by atoms with Crippen LogP contribution >= 0.6 is 0 Å². The molecule has 104 valence electrons. The lowest BCUT2D eigenvalue weighted by Crippen LogP contribution is -2.22. The first-order valence-corrected chi connectivity index (χ1v) is 6.88. The second-order valence-corrected chi connectivity index (χ2v) is 4.85. The fourth-order valence-corrected chi connectivity index (χ4v) is 2.51. The molecule has 0 aliphatic heterocycles. The van der Waals surface area contributed by atoms with Gasteiger partial charge in [0.25, 0.3) is 5.69 Å². The van der Waals surface area contributed by atoms with Crippen molar-refractivity contribution in [2.24, 2.45) is 0 Å². The van der Waals surface area contributed by atoms with Crippen molar-refractivity contribution in [1.82, 2.24) is 0 Å². The van der Waals surface area contributed by atoms with E-state index in [1.54, 1.807) is 12.1 Å². The predicted molar refractivity (Wildman–Crippen MR) is 74.8 cm³/mol. The lowest BCUT2D eigenvalue weighted by Gasteiger charge is -2.23. The Balaban J connectivity index is 2.18. The van der Waals surface area contributed by atoms with E-state index in [9.17, 15) is 10.1 Å². The smallest absolute Gasteiger partial charge is 0.292 e. The Morgan fingerprint density at radius 3 is 2.74 bits per heavy atom. The Bertz CT molecular complexity index is 442. The molecule has 0 spiro atoms. The normalized spacial score (nSPS) is 16.1. The maximum absolute atomic E-state index is 11.1. The van der Waals surface area contributed by atoms with Crippen LogP contribution in [0.3, 0.4) is 0 Å². The quantitative estimate of drug-likeness (QED) is 0.650. The SMILES string of the molecule is CCOc1ccc([N+](=O)[O-])c(NC2CCCCC2)c1. The van der Waals surface area contributed by atoms with Gasteiger partial charge in [-0.1, -0.05) is 19.3 Å². The lowest BCUT2D eigenvalue weighted by atomic mass is 9.95. The molecule has 1 aromatic carbocycles. The number of ether oxygens (including phenoxy) is 1. The molecule has 1 aromatic rings. The van der Waals surface area contributed by atoms with E-state index in [0.29, 0.717) is 24.1 Å². The van der Waals surface area contributed by atoms with E-state index in [1.165, 1.54) is 25.3 Å². The van der Waals surface area contributed by atoms with Gasteiger partial charge in [-0.05, 0) is 25.8 Å². The lowest BCUT2D eigenvalue weighted by molar-refractivity contribution is -0.384. The average molecular weight is 264 g/mol. The molecule has 5 nitrogen and oxygen atoms in total. The van der Waals surface area contributed by atoms with Crippen LogP contribution in [0.2, 0.25) is 0 Å². The molecule has 1 aliphatic carbocycles. The van der Waals surface area contributed by atoms with E-state index in [2.05, 4.69) is 5.32 Å². The minimum absolute atomic E-state index is 0.119. The second-order valence-electron chi connectivity index (χ2n) is 4.85. The Labute approximate surface area is 113 Å². The van der Waals surface area contributed by atoms with Gasteiger partial charge in [-0.25, -0.2) is 0 Å². The van der Waals surface area contributed by atoms with Crippen molar-refractivity contribution in [1.29, 1.82) is 0 Å². The molecule has 5 heteroatoms. The van der Waals surface area contributed by atoms with Gasteiger partial charge < -0.3 is 10.1 Å². The number of benzene rings is 1. The van der Waals surface area contributed by atoms with Gasteiger partial charge in [0.15, 0.2) is 0 Å². The highest BCUT2D eigenvalue weighted by Gasteiger charge is 2.19. The van der Waals surface area contributed by atoms with Crippen molar-refractivity contribution in [2.75, 3.05) is 11.9 Å². The van der Waals surface area contributed by atoms with Crippen LogP contribution in [0.1, 0.15) is 39.0 Å². The third-order valence-corrected chi connectivity index (χ3v) is 3.44. The molecule has 0 radical (unpaired) electrons. The highest BCUT2D eigenvalue weighted by Crippen LogP contribution is 2.31. The van der Waals surface area contributed by atoms with E-state index in [0.717, 1.165) is 12.8 Å². The van der Waals surface area contributed by atoms with Crippen molar-refractivity contribution in [3.8, 4) is 5.75 Å². The summed E-state index contributed by atoms with van der Waals surface area (Å²) in [5.74, 6) is 0.673. The first-order chi connectivity index (χ1) is 9.20. The highest BCUT2D eigenvalue weighted by molar-refractivity contribution is 5.64. The minimum atomic E-state index is -0.346. The zero-order valence-corrected chi connectivity index (χ0v) is 11.2. The summed E-state index contributed by atoms with van der Waals surface area (Å²) in [5.41, 5.74) is 0.692. The van der Waals surface area contributed by atoms with Crippen molar-refractivity contribution < 1.29 is 9.66 Å². The number of nitrogens with one attached hydrogen (secondary N) is 1. The van der Waals surface area contributed by atoms with Crippen LogP contribution < -0.4 is 10.1 Å². The molecule has 0 atom stereocenters. The van der Waals surface area contributed by atoms with E-state index >= 15 is 0 Å². The van der Waals surface area contributed by atoms with Gasteiger partial charge in [-0.15, -0.1) is 0 Å². The van der Waals surface area contributed by atoms with Crippen molar-refractivity contribution in [3.63, 3.8) is 0 Å². The fourth-order valence-electron chi connectivity index (χ4n) is 2.51. The number of nitro benzene ring substituents is 1. The third kappa shape index (κ3) is 3.59. The van der Waals surface area contributed by atoms with E-state index in [4.69, 9.17) is 4.74 Å². The van der Waals surface area contributed by atoms with Crippen molar-refractivity contribution in [2.45, 2.75) is 45.1 Å². The van der Waals surface area contributed by atoms with Gasteiger partial charge in [0.05, 0.1) is 11.5 Å². The molecule has 1 aliphatic rings. The van der Waals surface area contributed by atoms with Crippen LogP contribution in [0.25, 0.3) is 0 Å². The summed E-state index contributed by atoms with van der Waals surface area (Å²) >= 11 is 0. The summed E-state index contributed by atoms with van der Waals surface area (Å²) in [5, 5.41) is 14.4. The molecule has 0 aromatic heterocycles. The molecule has 1 saturated carbocycles. The van der Waals surface area contributed by atoms with Crippen LogP contribution in [-0.2, 0) is 0 Å². The van der Waals surface area contributed by atoms with Gasteiger partial charge in [-0.3, -0.25) is 10.1 Å². The maximum atomic E-state index is 11.1. The summed E-state index contributed by atoms with van der Waals surface area (Å²) in [6, 6.07) is 5.23. The molecule has 0 unspecified atom stereocenters. The van der Waals surface area contributed by atoms with E-state index in [-0.39, 0.29) is 10.6 Å².